The Kier molecular flexibility index (Phi) is 5.55. The highest BCUT2D eigenvalue weighted by Crippen LogP contribution is 2.30. The summed E-state index contributed by atoms with van der Waals surface area (Å²) in [5, 5.41) is 2.09. The average Bonchev–Trinajstić information content (AvgIpc) is 2.46. The Labute approximate surface area is 134 Å². The number of thioether (sulfide) groups is 1. The third-order valence-corrected chi connectivity index (χ3v) is 4.89. The maximum atomic E-state index is 5.14. The SMILES string of the molecule is COc1ccc(S/C=C(/Br)c2ccc(Br)cc2)cc1. The van der Waals surface area contributed by atoms with E-state index in [-0.39, 0.29) is 0 Å². The summed E-state index contributed by atoms with van der Waals surface area (Å²) in [6, 6.07) is 16.2. The summed E-state index contributed by atoms with van der Waals surface area (Å²) >= 11 is 8.70. The fourth-order valence-corrected chi connectivity index (χ4v) is 2.93. The molecule has 1 nitrogen and oxygen atoms in total. The molecule has 0 spiro atoms. The summed E-state index contributed by atoms with van der Waals surface area (Å²) in [7, 11) is 1.67. The third kappa shape index (κ3) is 4.41. The van der Waals surface area contributed by atoms with Crippen molar-refractivity contribution in [2.75, 3.05) is 7.11 Å². The first kappa shape index (κ1) is 14.7. The second kappa shape index (κ2) is 7.17. The predicted molar refractivity (Wildman–Crippen MR) is 89.9 cm³/mol. The molecule has 0 aromatic heterocycles. The van der Waals surface area contributed by atoms with E-state index in [1.807, 2.05) is 36.4 Å². The van der Waals surface area contributed by atoms with Crippen molar-refractivity contribution in [2.24, 2.45) is 0 Å². The number of ether oxygens (including phenoxy) is 1. The van der Waals surface area contributed by atoms with Crippen LogP contribution in [0.4, 0.5) is 0 Å². The number of rotatable bonds is 4. The van der Waals surface area contributed by atoms with Gasteiger partial charge in [0.2, 0.25) is 0 Å². The zero-order valence-electron chi connectivity index (χ0n) is 10.3. The Hall–Kier alpha value is -0.710. The van der Waals surface area contributed by atoms with Crippen molar-refractivity contribution in [3.05, 3.63) is 64.0 Å². The van der Waals surface area contributed by atoms with Gasteiger partial charge in [0.05, 0.1) is 7.11 Å². The van der Waals surface area contributed by atoms with Crippen molar-refractivity contribution in [3.8, 4) is 5.75 Å². The molecule has 0 aliphatic heterocycles. The highest BCUT2D eigenvalue weighted by atomic mass is 79.9. The van der Waals surface area contributed by atoms with Crippen molar-refractivity contribution < 1.29 is 4.74 Å². The van der Waals surface area contributed by atoms with E-state index in [0.717, 1.165) is 20.3 Å². The molecule has 19 heavy (non-hydrogen) atoms. The van der Waals surface area contributed by atoms with E-state index in [2.05, 4.69) is 49.4 Å². The average molecular weight is 400 g/mol. The minimum atomic E-state index is 0.875. The maximum Gasteiger partial charge on any atom is 0.118 e. The van der Waals surface area contributed by atoms with Crippen molar-refractivity contribution in [1.29, 1.82) is 0 Å². The molecular formula is C15H12Br2OS. The molecule has 98 valence electrons. The first-order chi connectivity index (χ1) is 9.19. The van der Waals surface area contributed by atoms with Crippen molar-refractivity contribution in [3.63, 3.8) is 0 Å². The van der Waals surface area contributed by atoms with Crippen LogP contribution in [0.25, 0.3) is 4.48 Å². The molecule has 0 atom stereocenters. The number of benzene rings is 2. The molecule has 2 aromatic rings. The van der Waals surface area contributed by atoms with Gasteiger partial charge in [-0.3, -0.25) is 0 Å². The Morgan fingerprint density at radius 1 is 1.05 bits per heavy atom. The Morgan fingerprint density at radius 3 is 2.26 bits per heavy atom. The van der Waals surface area contributed by atoms with Crippen molar-refractivity contribution in [1.82, 2.24) is 0 Å². The van der Waals surface area contributed by atoms with Gasteiger partial charge < -0.3 is 4.74 Å². The van der Waals surface area contributed by atoms with Crippen LogP contribution < -0.4 is 4.74 Å². The molecule has 0 saturated carbocycles. The first-order valence-corrected chi connectivity index (χ1v) is 8.08. The lowest BCUT2D eigenvalue weighted by atomic mass is 10.2. The first-order valence-electron chi connectivity index (χ1n) is 5.61. The predicted octanol–water partition coefficient (Wildman–Crippen LogP) is 5.94. The van der Waals surface area contributed by atoms with Gasteiger partial charge in [0, 0.05) is 13.9 Å². The van der Waals surface area contributed by atoms with Crippen LogP contribution >= 0.6 is 43.6 Å². The molecule has 0 heterocycles. The van der Waals surface area contributed by atoms with Gasteiger partial charge in [-0.05, 0) is 63.3 Å². The molecule has 2 aromatic carbocycles. The smallest absolute Gasteiger partial charge is 0.118 e. The Morgan fingerprint density at radius 2 is 1.68 bits per heavy atom. The molecule has 4 heteroatoms. The number of hydrogen-bond acceptors (Lipinski definition) is 2. The number of halogens is 2. The second-order valence-corrected chi connectivity index (χ2v) is 6.48. The molecule has 0 N–H and O–H groups in total. The molecule has 0 amide bonds. The van der Waals surface area contributed by atoms with Gasteiger partial charge in [-0.25, -0.2) is 0 Å². The van der Waals surface area contributed by atoms with E-state index < -0.39 is 0 Å². The van der Waals surface area contributed by atoms with Crippen LogP contribution in [0.5, 0.6) is 5.75 Å². The van der Waals surface area contributed by atoms with Crippen LogP contribution in [0.3, 0.4) is 0 Å². The summed E-state index contributed by atoms with van der Waals surface area (Å²) in [6.45, 7) is 0. The van der Waals surface area contributed by atoms with Crippen LogP contribution in [0, 0.1) is 0 Å². The van der Waals surface area contributed by atoms with Crippen LogP contribution in [0.2, 0.25) is 0 Å². The Balaban J connectivity index is 2.06. The van der Waals surface area contributed by atoms with E-state index in [4.69, 9.17) is 4.74 Å². The third-order valence-electron chi connectivity index (χ3n) is 2.48. The van der Waals surface area contributed by atoms with Gasteiger partial charge in [-0.1, -0.05) is 39.8 Å². The molecule has 0 aliphatic carbocycles. The van der Waals surface area contributed by atoms with Gasteiger partial charge in [0.25, 0.3) is 0 Å². The molecular weight excluding hydrogens is 388 g/mol. The van der Waals surface area contributed by atoms with Gasteiger partial charge in [0.15, 0.2) is 0 Å². The largest absolute Gasteiger partial charge is 0.497 e. The van der Waals surface area contributed by atoms with Crippen LogP contribution in [0.1, 0.15) is 5.56 Å². The molecule has 0 bridgehead atoms. The highest BCUT2D eigenvalue weighted by Gasteiger charge is 1.98. The van der Waals surface area contributed by atoms with Gasteiger partial charge in [-0.15, -0.1) is 0 Å². The van der Waals surface area contributed by atoms with Gasteiger partial charge >= 0.3 is 0 Å². The molecule has 0 saturated heterocycles. The van der Waals surface area contributed by atoms with E-state index >= 15 is 0 Å². The van der Waals surface area contributed by atoms with Gasteiger partial charge in [0.1, 0.15) is 5.75 Å². The lowest BCUT2D eigenvalue weighted by molar-refractivity contribution is 0.414. The van der Waals surface area contributed by atoms with Crippen molar-refractivity contribution >= 4 is 48.1 Å². The van der Waals surface area contributed by atoms with Crippen LogP contribution in [-0.2, 0) is 0 Å². The molecule has 0 fully saturated rings. The number of hydrogen-bond donors (Lipinski definition) is 0. The normalized spacial score (nSPS) is 11.4. The molecule has 2 rings (SSSR count). The lowest BCUT2D eigenvalue weighted by Crippen LogP contribution is -1.80. The van der Waals surface area contributed by atoms with E-state index in [1.165, 1.54) is 4.90 Å². The highest BCUT2D eigenvalue weighted by molar-refractivity contribution is 9.15. The fourth-order valence-electron chi connectivity index (χ4n) is 1.45. The minimum Gasteiger partial charge on any atom is -0.497 e. The zero-order valence-corrected chi connectivity index (χ0v) is 14.3. The Bertz CT molecular complexity index is 562. The summed E-state index contributed by atoms with van der Waals surface area (Å²) < 4.78 is 7.29. The van der Waals surface area contributed by atoms with Crippen molar-refractivity contribution in [2.45, 2.75) is 4.90 Å². The quantitative estimate of drug-likeness (QED) is 0.588. The summed E-state index contributed by atoms with van der Waals surface area (Å²) in [4.78, 5) is 1.18. The number of methoxy groups -OCH3 is 1. The van der Waals surface area contributed by atoms with E-state index in [9.17, 15) is 0 Å². The lowest BCUT2D eigenvalue weighted by Gasteiger charge is -2.02. The van der Waals surface area contributed by atoms with Gasteiger partial charge in [-0.2, -0.15) is 0 Å². The van der Waals surface area contributed by atoms with E-state index in [1.54, 1.807) is 18.9 Å². The summed E-state index contributed by atoms with van der Waals surface area (Å²) in [5.74, 6) is 0.875. The summed E-state index contributed by atoms with van der Waals surface area (Å²) in [6.07, 6.45) is 0. The topological polar surface area (TPSA) is 9.23 Å². The molecule has 0 unspecified atom stereocenters. The minimum absolute atomic E-state index is 0.875. The van der Waals surface area contributed by atoms with Crippen LogP contribution in [-0.4, -0.2) is 7.11 Å². The maximum absolute atomic E-state index is 5.14. The standard InChI is InChI=1S/C15H12Br2OS/c1-18-13-6-8-14(9-7-13)19-10-15(17)11-2-4-12(16)5-3-11/h2-10H,1H3/b15-10+. The van der Waals surface area contributed by atoms with Crippen LogP contribution in [0.15, 0.2) is 63.3 Å². The summed E-state index contributed by atoms with van der Waals surface area (Å²) in [5.41, 5.74) is 1.16. The molecule has 0 radical (unpaired) electrons. The monoisotopic (exact) mass is 398 g/mol. The second-order valence-electron chi connectivity index (χ2n) is 3.77. The fraction of sp³-hybridized carbons (Fsp3) is 0.0667. The zero-order chi connectivity index (χ0) is 13.7. The molecule has 0 aliphatic rings. The van der Waals surface area contributed by atoms with E-state index in [0.29, 0.717) is 0 Å².